The number of rotatable bonds is 5. The quantitative estimate of drug-likeness (QED) is 0.885. The first-order chi connectivity index (χ1) is 9.00. The van der Waals surface area contributed by atoms with Crippen molar-refractivity contribution in [3.63, 3.8) is 0 Å². The summed E-state index contributed by atoms with van der Waals surface area (Å²) < 4.78 is 1.92. The van der Waals surface area contributed by atoms with Crippen molar-refractivity contribution in [3.05, 3.63) is 18.2 Å². The summed E-state index contributed by atoms with van der Waals surface area (Å²) in [5.74, 6) is 1.35. The minimum absolute atomic E-state index is 0.0340. The number of aryl methyl sites for hydroxylation is 1. The first kappa shape index (κ1) is 13.9. The fourth-order valence-corrected chi connectivity index (χ4v) is 2.17. The Labute approximate surface area is 115 Å². The van der Waals surface area contributed by atoms with Crippen LogP contribution in [0, 0.1) is 5.92 Å². The molecule has 1 saturated carbocycles. The molecule has 0 unspecified atom stereocenters. The van der Waals surface area contributed by atoms with Gasteiger partial charge in [0.25, 0.3) is 0 Å². The molecule has 19 heavy (non-hydrogen) atoms. The lowest BCUT2D eigenvalue weighted by Gasteiger charge is -2.32. The lowest BCUT2D eigenvalue weighted by Crippen LogP contribution is -2.48. The summed E-state index contributed by atoms with van der Waals surface area (Å²) in [7, 11) is 1.93. The van der Waals surface area contributed by atoms with Crippen molar-refractivity contribution in [3.8, 4) is 0 Å². The van der Waals surface area contributed by atoms with Gasteiger partial charge in [-0.2, -0.15) is 0 Å². The summed E-state index contributed by atoms with van der Waals surface area (Å²) >= 11 is 0. The number of imidazole rings is 1. The van der Waals surface area contributed by atoms with Crippen LogP contribution < -0.4 is 5.32 Å². The average Bonchev–Trinajstić information content (AvgIpc) is 3.10. The Balaban J connectivity index is 1.94. The van der Waals surface area contributed by atoms with E-state index in [0.29, 0.717) is 18.5 Å². The molecule has 1 heterocycles. The zero-order chi connectivity index (χ0) is 14.0. The third-order valence-corrected chi connectivity index (χ3v) is 3.90. The molecule has 0 aromatic carbocycles. The topological polar surface area (TPSA) is 50.2 Å². The van der Waals surface area contributed by atoms with Crippen LogP contribution in [0.1, 0.15) is 39.4 Å². The first-order valence-corrected chi connectivity index (χ1v) is 7.03. The number of nitrogens with zero attached hydrogens (tertiary/aromatic N) is 3. The van der Waals surface area contributed by atoms with E-state index in [1.807, 2.05) is 22.7 Å². The zero-order valence-corrected chi connectivity index (χ0v) is 12.3. The van der Waals surface area contributed by atoms with Crippen LogP contribution in [0.5, 0.6) is 0 Å². The number of carbonyl (C=O) groups is 1. The molecule has 0 saturated heterocycles. The monoisotopic (exact) mass is 264 g/mol. The fraction of sp³-hybridized carbons (Fsp3) is 0.714. The van der Waals surface area contributed by atoms with Crippen molar-refractivity contribution in [1.29, 1.82) is 0 Å². The molecule has 0 spiro atoms. The maximum Gasteiger partial charge on any atom is 0.318 e. The number of hydrogen-bond donors (Lipinski definition) is 1. The predicted octanol–water partition coefficient (Wildman–Crippen LogP) is 2.14. The maximum atomic E-state index is 12.4. The Bertz CT molecular complexity index is 436. The van der Waals surface area contributed by atoms with Crippen LogP contribution in [0.25, 0.3) is 0 Å². The van der Waals surface area contributed by atoms with Crippen LogP contribution in [-0.4, -0.2) is 32.6 Å². The van der Waals surface area contributed by atoms with Gasteiger partial charge in [0, 0.05) is 31.5 Å². The summed E-state index contributed by atoms with van der Waals surface area (Å²) in [6, 6.07) is 0.736. The zero-order valence-electron chi connectivity index (χ0n) is 12.3. The maximum absolute atomic E-state index is 12.4. The molecule has 1 N–H and O–H groups in total. The van der Waals surface area contributed by atoms with Crippen LogP contribution in [0.2, 0.25) is 0 Å². The number of amides is 2. The standard InChI is InChI=1S/C14H24N4O/c1-10(2)11(3)18(12-5-6-12)14(19)16-9-13-15-7-8-17(13)4/h7-8,10-12H,5-6,9H2,1-4H3,(H,16,19)/t11-/m1/s1. The van der Waals surface area contributed by atoms with Crippen molar-refractivity contribution in [1.82, 2.24) is 19.8 Å². The van der Waals surface area contributed by atoms with Crippen LogP contribution in [0.3, 0.4) is 0 Å². The molecule has 0 radical (unpaired) electrons. The van der Waals surface area contributed by atoms with Crippen LogP contribution in [0.4, 0.5) is 4.79 Å². The van der Waals surface area contributed by atoms with Gasteiger partial charge in [-0.05, 0) is 25.7 Å². The van der Waals surface area contributed by atoms with Crippen molar-refractivity contribution in [2.45, 2.75) is 52.2 Å². The van der Waals surface area contributed by atoms with Gasteiger partial charge in [0.15, 0.2) is 0 Å². The second-order valence-corrected chi connectivity index (χ2v) is 5.74. The lowest BCUT2D eigenvalue weighted by molar-refractivity contribution is 0.156. The van der Waals surface area contributed by atoms with Crippen molar-refractivity contribution < 1.29 is 4.79 Å². The van der Waals surface area contributed by atoms with Crippen molar-refractivity contribution in [2.75, 3.05) is 0 Å². The number of hydrogen-bond acceptors (Lipinski definition) is 2. The molecule has 0 bridgehead atoms. The first-order valence-electron chi connectivity index (χ1n) is 7.03. The smallest absolute Gasteiger partial charge is 0.318 e. The fourth-order valence-electron chi connectivity index (χ4n) is 2.17. The molecule has 1 fully saturated rings. The van der Waals surface area contributed by atoms with Gasteiger partial charge in [-0.3, -0.25) is 0 Å². The molecule has 1 aromatic rings. The molecule has 106 valence electrons. The number of urea groups is 1. The summed E-state index contributed by atoms with van der Waals surface area (Å²) in [5, 5.41) is 2.99. The minimum atomic E-state index is 0.0340. The van der Waals surface area contributed by atoms with Gasteiger partial charge in [-0.25, -0.2) is 9.78 Å². The summed E-state index contributed by atoms with van der Waals surface area (Å²) in [6.45, 7) is 6.93. The molecule has 2 rings (SSSR count). The highest BCUT2D eigenvalue weighted by atomic mass is 16.2. The van der Waals surface area contributed by atoms with E-state index >= 15 is 0 Å². The van der Waals surface area contributed by atoms with Gasteiger partial charge in [0.1, 0.15) is 5.82 Å². The highest BCUT2D eigenvalue weighted by Crippen LogP contribution is 2.30. The molecule has 2 amide bonds. The van der Waals surface area contributed by atoms with E-state index in [1.54, 1.807) is 6.20 Å². The lowest BCUT2D eigenvalue weighted by atomic mass is 10.0. The van der Waals surface area contributed by atoms with Gasteiger partial charge >= 0.3 is 6.03 Å². The van der Waals surface area contributed by atoms with Gasteiger partial charge in [-0.1, -0.05) is 13.8 Å². The molecule has 1 aromatic heterocycles. The Morgan fingerprint density at radius 2 is 2.21 bits per heavy atom. The highest BCUT2D eigenvalue weighted by Gasteiger charge is 2.36. The second-order valence-electron chi connectivity index (χ2n) is 5.74. The van der Waals surface area contributed by atoms with Crippen molar-refractivity contribution in [2.24, 2.45) is 13.0 Å². The predicted molar refractivity (Wildman–Crippen MR) is 74.6 cm³/mol. The molecule has 0 aliphatic heterocycles. The summed E-state index contributed by atoms with van der Waals surface area (Å²) in [4.78, 5) is 18.6. The Kier molecular flexibility index (Phi) is 4.12. The van der Waals surface area contributed by atoms with E-state index in [4.69, 9.17) is 0 Å². The molecule has 1 aliphatic rings. The molecular weight excluding hydrogens is 240 g/mol. The van der Waals surface area contributed by atoms with Gasteiger partial charge in [0.05, 0.1) is 6.54 Å². The third kappa shape index (κ3) is 3.28. The minimum Gasteiger partial charge on any atom is -0.337 e. The molecule has 5 heteroatoms. The Hall–Kier alpha value is -1.52. The van der Waals surface area contributed by atoms with Gasteiger partial charge in [-0.15, -0.1) is 0 Å². The second kappa shape index (κ2) is 5.63. The number of carbonyl (C=O) groups excluding carboxylic acids is 1. The van der Waals surface area contributed by atoms with Crippen LogP contribution in [0.15, 0.2) is 12.4 Å². The average molecular weight is 264 g/mol. The summed E-state index contributed by atoms with van der Waals surface area (Å²) in [5.41, 5.74) is 0. The SMILES string of the molecule is CC(C)[C@@H](C)N(C(=O)NCc1nccn1C)C1CC1. The Morgan fingerprint density at radius 1 is 1.53 bits per heavy atom. The van der Waals surface area contributed by atoms with E-state index in [1.165, 1.54) is 0 Å². The highest BCUT2D eigenvalue weighted by molar-refractivity contribution is 5.75. The Morgan fingerprint density at radius 3 is 2.68 bits per heavy atom. The van der Waals surface area contributed by atoms with Crippen molar-refractivity contribution >= 4 is 6.03 Å². The number of aromatic nitrogens is 2. The van der Waals surface area contributed by atoms with Gasteiger partial charge in [0.2, 0.25) is 0 Å². The molecule has 1 aliphatic carbocycles. The number of nitrogens with one attached hydrogen (secondary N) is 1. The van der Waals surface area contributed by atoms with E-state index < -0.39 is 0 Å². The molecular formula is C14H24N4O. The van der Waals surface area contributed by atoms with Gasteiger partial charge < -0.3 is 14.8 Å². The molecule has 5 nitrogen and oxygen atoms in total. The van der Waals surface area contributed by atoms with E-state index in [9.17, 15) is 4.79 Å². The third-order valence-electron chi connectivity index (χ3n) is 3.90. The summed E-state index contributed by atoms with van der Waals surface area (Å²) in [6.07, 6.45) is 5.90. The van der Waals surface area contributed by atoms with Crippen LogP contribution >= 0.6 is 0 Å². The normalized spacial score (nSPS) is 16.5. The molecule has 1 atom stereocenters. The largest absolute Gasteiger partial charge is 0.337 e. The van der Waals surface area contributed by atoms with E-state index in [-0.39, 0.29) is 12.1 Å². The van der Waals surface area contributed by atoms with Crippen LogP contribution in [-0.2, 0) is 13.6 Å². The van der Waals surface area contributed by atoms with E-state index in [2.05, 4.69) is 31.1 Å². The van der Waals surface area contributed by atoms with E-state index in [0.717, 1.165) is 18.7 Å².